The van der Waals surface area contributed by atoms with Crippen molar-refractivity contribution in [2.45, 2.75) is 45.1 Å². The fraction of sp³-hybridized carbons (Fsp3) is 0.417. The maximum Gasteiger partial charge on any atom is 0.258 e. The van der Waals surface area contributed by atoms with Crippen molar-refractivity contribution in [2.24, 2.45) is 5.92 Å². The molecule has 1 amide bonds. The van der Waals surface area contributed by atoms with Gasteiger partial charge in [0, 0.05) is 17.5 Å². The second-order valence-electron chi connectivity index (χ2n) is 7.87. The molecule has 5 nitrogen and oxygen atoms in total. The second-order valence-corrected chi connectivity index (χ2v) is 8.31. The maximum atomic E-state index is 12.2. The van der Waals surface area contributed by atoms with Crippen LogP contribution < -0.4 is 14.8 Å². The van der Waals surface area contributed by atoms with Gasteiger partial charge in [0.2, 0.25) is 0 Å². The van der Waals surface area contributed by atoms with E-state index in [0.29, 0.717) is 23.1 Å². The van der Waals surface area contributed by atoms with Crippen LogP contribution in [0.4, 0.5) is 0 Å². The van der Waals surface area contributed by atoms with E-state index in [9.17, 15) is 9.59 Å². The molecule has 2 aromatic rings. The Morgan fingerprint density at radius 1 is 0.900 bits per heavy atom. The number of rotatable bonds is 9. The molecular formula is C24H28ClNO4. The minimum Gasteiger partial charge on any atom is -0.486 e. The number of carbonyl (C=O) groups is 2. The number of halogens is 1. The van der Waals surface area contributed by atoms with Gasteiger partial charge in [0.15, 0.2) is 12.4 Å². The van der Waals surface area contributed by atoms with Crippen LogP contribution in [0.1, 0.15) is 37.7 Å². The first-order valence-corrected chi connectivity index (χ1v) is 10.7. The molecule has 2 aromatic carbocycles. The lowest BCUT2D eigenvalue weighted by atomic mass is 9.83. The molecular weight excluding hydrogens is 402 g/mol. The third kappa shape index (κ3) is 7.38. The van der Waals surface area contributed by atoms with Gasteiger partial charge in [0.1, 0.15) is 18.1 Å². The molecule has 1 fully saturated rings. The normalized spacial score (nSPS) is 18.5. The predicted molar refractivity (Wildman–Crippen MR) is 117 cm³/mol. The summed E-state index contributed by atoms with van der Waals surface area (Å²) in [5, 5.41) is 3.65. The minimum atomic E-state index is -0.129. The number of aryl methyl sites for hydroxylation is 1. The van der Waals surface area contributed by atoms with Crippen molar-refractivity contribution in [3.05, 3.63) is 59.1 Å². The summed E-state index contributed by atoms with van der Waals surface area (Å²) in [5.74, 6) is 1.69. The van der Waals surface area contributed by atoms with Gasteiger partial charge >= 0.3 is 0 Å². The summed E-state index contributed by atoms with van der Waals surface area (Å²) in [6.07, 6.45) is 4.15. The molecule has 0 spiro atoms. The first kappa shape index (κ1) is 22.2. The summed E-state index contributed by atoms with van der Waals surface area (Å²) in [6, 6.07) is 14.8. The highest BCUT2D eigenvalue weighted by atomic mass is 35.5. The van der Waals surface area contributed by atoms with Crippen molar-refractivity contribution < 1.29 is 19.1 Å². The van der Waals surface area contributed by atoms with E-state index in [1.54, 1.807) is 24.3 Å². The quantitative estimate of drug-likeness (QED) is 0.625. The average Bonchev–Trinajstić information content (AvgIpc) is 2.74. The minimum absolute atomic E-state index is 0.0175. The molecule has 30 heavy (non-hydrogen) atoms. The number of ketones is 1. The topological polar surface area (TPSA) is 64.6 Å². The van der Waals surface area contributed by atoms with Gasteiger partial charge in [-0.3, -0.25) is 9.59 Å². The number of amides is 1. The molecule has 6 heteroatoms. The molecule has 0 atom stereocenters. The Kier molecular flexibility index (Phi) is 8.14. The van der Waals surface area contributed by atoms with Crippen LogP contribution in [0.15, 0.2) is 48.5 Å². The van der Waals surface area contributed by atoms with Crippen molar-refractivity contribution in [1.82, 2.24) is 5.32 Å². The lowest BCUT2D eigenvalue weighted by Gasteiger charge is -2.28. The number of ether oxygens (including phenoxy) is 2. The molecule has 1 aliphatic carbocycles. The summed E-state index contributed by atoms with van der Waals surface area (Å²) < 4.78 is 11.1. The third-order valence-electron chi connectivity index (χ3n) is 5.33. The van der Waals surface area contributed by atoms with E-state index in [0.717, 1.165) is 37.0 Å². The highest BCUT2D eigenvalue weighted by Crippen LogP contribution is 2.27. The van der Waals surface area contributed by atoms with Gasteiger partial charge in [-0.2, -0.15) is 0 Å². The van der Waals surface area contributed by atoms with Crippen molar-refractivity contribution in [3.8, 4) is 11.5 Å². The Labute approximate surface area is 182 Å². The highest BCUT2D eigenvalue weighted by Gasteiger charge is 2.24. The van der Waals surface area contributed by atoms with Crippen LogP contribution in [-0.4, -0.2) is 30.9 Å². The summed E-state index contributed by atoms with van der Waals surface area (Å²) in [4.78, 5) is 24.4. The zero-order valence-electron chi connectivity index (χ0n) is 17.2. The fourth-order valence-corrected chi connectivity index (χ4v) is 3.77. The van der Waals surface area contributed by atoms with Crippen LogP contribution in [0.5, 0.6) is 11.5 Å². The lowest BCUT2D eigenvalue weighted by Crippen LogP contribution is -2.40. The average molecular weight is 430 g/mol. The monoisotopic (exact) mass is 429 g/mol. The Balaban J connectivity index is 1.31. The summed E-state index contributed by atoms with van der Waals surface area (Å²) in [6.45, 7) is 2.11. The first-order chi connectivity index (χ1) is 14.5. The fourth-order valence-electron chi connectivity index (χ4n) is 3.64. The molecule has 0 radical (unpaired) electrons. The first-order valence-electron chi connectivity index (χ1n) is 10.4. The number of Topliss-reactive ketones (excluding diaryl/α,β-unsaturated/α-hetero) is 1. The van der Waals surface area contributed by atoms with E-state index in [1.807, 2.05) is 31.2 Å². The van der Waals surface area contributed by atoms with E-state index in [2.05, 4.69) is 5.32 Å². The zero-order valence-corrected chi connectivity index (χ0v) is 18.0. The number of benzene rings is 2. The standard InChI is InChI=1S/C24H28ClNO4/c1-17-2-10-22(11-3-17)29-15-21(27)14-18-4-8-20(9-5-18)26-24(28)16-30-23-12-6-19(25)7-13-23/h2-3,6-7,10-13,18,20H,4-5,8-9,14-16H2,1H3,(H,26,28). The van der Waals surface area contributed by atoms with E-state index < -0.39 is 0 Å². The van der Waals surface area contributed by atoms with E-state index in [4.69, 9.17) is 21.1 Å². The molecule has 1 aliphatic rings. The smallest absolute Gasteiger partial charge is 0.258 e. The second kappa shape index (κ2) is 11.0. The highest BCUT2D eigenvalue weighted by molar-refractivity contribution is 6.30. The maximum absolute atomic E-state index is 12.2. The van der Waals surface area contributed by atoms with Crippen LogP contribution >= 0.6 is 11.6 Å². The molecule has 0 bridgehead atoms. The van der Waals surface area contributed by atoms with E-state index in [1.165, 1.54) is 0 Å². The largest absolute Gasteiger partial charge is 0.486 e. The molecule has 3 rings (SSSR count). The van der Waals surface area contributed by atoms with Crippen molar-refractivity contribution in [3.63, 3.8) is 0 Å². The number of nitrogens with one attached hydrogen (secondary N) is 1. The lowest BCUT2D eigenvalue weighted by molar-refractivity contribution is -0.125. The number of hydrogen-bond acceptors (Lipinski definition) is 4. The van der Waals surface area contributed by atoms with Gasteiger partial charge in [-0.15, -0.1) is 0 Å². The zero-order chi connectivity index (χ0) is 21.3. The summed E-state index contributed by atoms with van der Waals surface area (Å²) in [7, 11) is 0. The van der Waals surface area contributed by atoms with Gasteiger partial charge in [-0.05, 0) is 74.9 Å². The van der Waals surface area contributed by atoms with Crippen molar-refractivity contribution in [1.29, 1.82) is 0 Å². The molecule has 0 aromatic heterocycles. The van der Waals surface area contributed by atoms with Crippen LogP contribution in [0.2, 0.25) is 5.02 Å². The van der Waals surface area contributed by atoms with Gasteiger partial charge < -0.3 is 14.8 Å². The van der Waals surface area contributed by atoms with E-state index >= 15 is 0 Å². The SMILES string of the molecule is Cc1ccc(OCC(=O)CC2CCC(NC(=O)COc3ccc(Cl)cc3)CC2)cc1. The van der Waals surface area contributed by atoms with Crippen LogP contribution in [0, 0.1) is 12.8 Å². The molecule has 1 N–H and O–H groups in total. The molecule has 0 saturated heterocycles. The number of hydrogen-bond donors (Lipinski definition) is 1. The van der Waals surface area contributed by atoms with Gasteiger partial charge in [-0.1, -0.05) is 29.3 Å². The van der Waals surface area contributed by atoms with Crippen LogP contribution in [0.25, 0.3) is 0 Å². The van der Waals surface area contributed by atoms with Crippen molar-refractivity contribution >= 4 is 23.3 Å². The molecule has 1 saturated carbocycles. The Morgan fingerprint density at radius 2 is 1.47 bits per heavy atom. The molecule has 0 heterocycles. The summed E-state index contributed by atoms with van der Waals surface area (Å²) in [5.41, 5.74) is 1.16. The predicted octanol–water partition coefficient (Wildman–Crippen LogP) is 4.74. The number of carbonyl (C=O) groups excluding carboxylic acids is 2. The molecule has 160 valence electrons. The van der Waals surface area contributed by atoms with Gasteiger partial charge in [0.25, 0.3) is 5.91 Å². The summed E-state index contributed by atoms with van der Waals surface area (Å²) >= 11 is 5.83. The Morgan fingerprint density at radius 3 is 2.10 bits per heavy atom. The molecule has 0 unspecified atom stereocenters. The van der Waals surface area contributed by atoms with Crippen LogP contribution in [0.3, 0.4) is 0 Å². The molecule has 0 aliphatic heterocycles. The van der Waals surface area contributed by atoms with E-state index in [-0.39, 0.29) is 30.9 Å². The van der Waals surface area contributed by atoms with Gasteiger partial charge in [0.05, 0.1) is 0 Å². The van der Waals surface area contributed by atoms with Crippen molar-refractivity contribution in [2.75, 3.05) is 13.2 Å². The Hall–Kier alpha value is -2.53. The van der Waals surface area contributed by atoms with Gasteiger partial charge in [-0.25, -0.2) is 0 Å². The van der Waals surface area contributed by atoms with Crippen LogP contribution in [-0.2, 0) is 9.59 Å². The third-order valence-corrected chi connectivity index (χ3v) is 5.58. The Bertz CT molecular complexity index is 756.